The number of nitrogens with one attached hydrogen (secondary N) is 1. The lowest BCUT2D eigenvalue weighted by Crippen LogP contribution is -2.29. The van der Waals surface area contributed by atoms with Gasteiger partial charge in [-0.1, -0.05) is 24.3 Å². The molecule has 0 saturated carbocycles. The third kappa shape index (κ3) is 1.78. The summed E-state index contributed by atoms with van der Waals surface area (Å²) in [6.45, 7) is 1.83. The Morgan fingerprint density at radius 3 is 3.07 bits per heavy atom. The SMILES string of the molecule is N#CCCNCC1Cc2ccccc21. The van der Waals surface area contributed by atoms with E-state index in [0.29, 0.717) is 12.3 Å². The van der Waals surface area contributed by atoms with Crippen molar-refractivity contribution in [3.63, 3.8) is 0 Å². The van der Waals surface area contributed by atoms with Crippen LogP contribution in [0, 0.1) is 11.3 Å². The highest BCUT2D eigenvalue weighted by atomic mass is 14.9. The fourth-order valence-corrected chi connectivity index (χ4v) is 1.97. The second-order valence-corrected chi connectivity index (χ2v) is 3.71. The minimum absolute atomic E-state index is 0.606. The second kappa shape index (κ2) is 4.26. The number of hydrogen-bond acceptors (Lipinski definition) is 2. The molecule has 0 saturated heterocycles. The maximum Gasteiger partial charge on any atom is 0.0635 e. The van der Waals surface area contributed by atoms with Gasteiger partial charge in [0.05, 0.1) is 6.07 Å². The van der Waals surface area contributed by atoms with Crippen LogP contribution in [-0.2, 0) is 6.42 Å². The van der Waals surface area contributed by atoms with Crippen molar-refractivity contribution in [3.8, 4) is 6.07 Å². The van der Waals surface area contributed by atoms with Gasteiger partial charge in [0.15, 0.2) is 0 Å². The zero-order chi connectivity index (χ0) is 9.80. The Labute approximate surface area is 84.6 Å². The van der Waals surface area contributed by atoms with E-state index in [0.717, 1.165) is 13.1 Å². The lowest BCUT2D eigenvalue weighted by Gasteiger charge is -2.30. The maximum absolute atomic E-state index is 8.37. The van der Waals surface area contributed by atoms with E-state index < -0.39 is 0 Å². The van der Waals surface area contributed by atoms with Crippen LogP contribution in [0.2, 0.25) is 0 Å². The van der Waals surface area contributed by atoms with Crippen molar-refractivity contribution in [1.82, 2.24) is 5.32 Å². The molecule has 1 aliphatic rings. The van der Waals surface area contributed by atoms with Crippen LogP contribution in [0.5, 0.6) is 0 Å². The van der Waals surface area contributed by atoms with Crippen molar-refractivity contribution in [2.45, 2.75) is 18.8 Å². The van der Waals surface area contributed by atoms with E-state index >= 15 is 0 Å². The van der Waals surface area contributed by atoms with Gasteiger partial charge in [-0.2, -0.15) is 5.26 Å². The standard InChI is InChI=1S/C12H14N2/c13-6-3-7-14-9-11-8-10-4-1-2-5-12(10)11/h1-2,4-5,11,14H,3,7-9H2. The summed E-state index contributed by atoms with van der Waals surface area (Å²) in [7, 11) is 0. The first kappa shape index (κ1) is 9.23. The second-order valence-electron chi connectivity index (χ2n) is 3.71. The molecule has 72 valence electrons. The smallest absolute Gasteiger partial charge is 0.0635 e. The van der Waals surface area contributed by atoms with E-state index in [2.05, 4.69) is 35.7 Å². The number of benzene rings is 1. The number of nitriles is 1. The first-order chi connectivity index (χ1) is 6.92. The number of rotatable bonds is 4. The molecule has 0 aliphatic heterocycles. The van der Waals surface area contributed by atoms with Gasteiger partial charge in [0.25, 0.3) is 0 Å². The highest BCUT2D eigenvalue weighted by molar-refractivity contribution is 5.40. The first-order valence-electron chi connectivity index (χ1n) is 5.07. The number of fused-ring (bicyclic) bond motifs is 1. The quantitative estimate of drug-likeness (QED) is 0.728. The van der Waals surface area contributed by atoms with Gasteiger partial charge in [-0.25, -0.2) is 0 Å². The zero-order valence-corrected chi connectivity index (χ0v) is 8.16. The maximum atomic E-state index is 8.37. The molecule has 14 heavy (non-hydrogen) atoms. The van der Waals surface area contributed by atoms with Gasteiger partial charge in [-0.3, -0.25) is 0 Å². The molecule has 0 radical (unpaired) electrons. The Bertz CT molecular complexity index is 352. The highest BCUT2D eigenvalue weighted by Crippen LogP contribution is 2.33. The molecule has 2 rings (SSSR count). The average molecular weight is 186 g/mol. The van der Waals surface area contributed by atoms with Crippen LogP contribution in [0.25, 0.3) is 0 Å². The van der Waals surface area contributed by atoms with E-state index in [1.54, 1.807) is 0 Å². The van der Waals surface area contributed by atoms with E-state index in [1.807, 2.05) is 0 Å². The van der Waals surface area contributed by atoms with Gasteiger partial charge in [0, 0.05) is 25.4 Å². The first-order valence-corrected chi connectivity index (χ1v) is 5.07. The van der Waals surface area contributed by atoms with Crippen LogP contribution in [0.15, 0.2) is 24.3 Å². The summed E-state index contributed by atoms with van der Waals surface area (Å²) in [5.41, 5.74) is 2.97. The predicted octanol–water partition coefficient (Wildman–Crippen LogP) is 1.83. The largest absolute Gasteiger partial charge is 0.315 e. The molecule has 2 nitrogen and oxygen atoms in total. The van der Waals surface area contributed by atoms with Crippen molar-refractivity contribution in [3.05, 3.63) is 35.4 Å². The molecule has 0 heterocycles. The fourth-order valence-electron chi connectivity index (χ4n) is 1.97. The summed E-state index contributed by atoms with van der Waals surface area (Å²) < 4.78 is 0. The van der Waals surface area contributed by atoms with Crippen molar-refractivity contribution >= 4 is 0 Å². The van der Waals surface area contributed by atoms with Crippen molar-refractivity contribution in [2.75, 3.05) is 13.1 Å². The summed E-state index contributed by atoms with van der Waals surface area (Å²) in [6, 6.07) is 10.7. The average Bonchev–Trinajstić information content (AvgIpc) is 2.19. The van der Waals surface area contributed by atoms with Crippen LogP contribution in [0.4, 0.5) is 0 Å². The van der Waals surface area contributed by atoms with Crippen LogP contribution in [0.3, 0.4) is 0 Å². The molecule has 0 fully saturated rings. The third-order valence-corrected chi connectivity index (χ3v) is 2.77. The van der Waals surface area contributed by atoms with Gasteiger partial charge in [0.2, 0.25) is 0 Å². The highest BCUT2D eigenvalue weighted by Gasteiger charge is 2.24. The Balaban J connectivity index is 1.79. The monoisotopic (exact) mass is 186 g/mol. The number of nitrogens with zero attached hydrogens (tertiary/aromatic N) is 1. The van der Waals surface area contributed by atoms with Gasteiger partial charge in [-0.15, -0.1) is 0 Å². The summed E-state index contributed by atoms with van der Waals surface area (Å²) in [4.78, 5) is 0. The normalized spacial score (nSPS) is 18.1. The van der Waals surface area contributed by atoms with E-state index in [4.69, 9.17) is 5.26 Å². The minimum atomic E-state index is 0.606. The Morgan fingerprint density at radius 1 is 1.43 bits per heavy atom. The molecule has 1 aromatic rings. The van der Waals surface area contributed by atoms with Gasteiger partial charge < -0.3 is 5.32 Å². The Kier molecular flexibility index (Phi) is 2.81. The summed E-state index contributed by atoms with van der Waals surface area (Å²) in [5, 5.41) is 11.7. The minimum Gasteiger partial charge on any atom is -0.315 e. The molecule has 1 atom stereocenters. The molecular formula is C12H14N2. The molecular weight excluding hydrogens is 172 g/mol. The molecule has 1 aliphatic carbocycles. The van der Waals surface area contributed by atoms with Crippen molar-refractivity contribution in [1.29, 1.82) is 5.26 Å². The number of hydrogen-bond donors (Lipinski definition) is 1. The molecule has 0 amide bonds. The van der Waals surface area contributed by atoms with E-state index in [9.17, 15) is 0 Å². The Hall–Kier alpha value is -1.33. The van der Waals surface area contributed by atoms with Crippen molar-refractivity contribution < 1.29 is 0 Å². The van der Waals surface area contributed by atoms with Crippen LogP contribution < -0.4 is 5.32 Å². The Morgan fingerprint density at radius 2 is 2.29 bits per heavy atom. The zero-order valence-electron chi connectivity index (χ0n) is 8.16. The van der Waals surface area contributed by atoms with E-state index in [-0.39, 0.29) is 0 Å². The third-order valence-electron chi connectivity index (χ3n) is 2.77. The molecule has 1 aromatic carbocycles. The molecule has 0 spiro atoms. The molecule has 2 heteroatoms. The van der Waals surface area contributed by atoms with E-state index in [1.165, 1.54) is 17.5 Å². The van der Waals surface area contributed by atoms with Gasteiger partial charge >= 0.3 is 0 Å². The van der Waals surface area contributed by atoms with Crippen molar-refractivity contribution in [2.24, 2.45) is 0 Å². The van der Waals surface area contributed by atoms with Crippen LogP contribution in [-0.4, -0.2) is 13.1 Å². The van der Waals surface area contributed by atoms with Gasteiger partial charge in [0.1, 0.15) is 0 Å². The lowest BCUT2D eigenvalue weighted by molar-refractivity contribution is 0.540. The summed E-state index contributed by atoms with van der Waals surface area (Å²) >= 11 is 0. The fraction of sp³-hybridized carbons (Fsp3) is 0.417. The molecule has 0 aromatic heterocycles. The molecule has 1 unspecified atom stereocenters. The van der Waals surface area contributed by atoms with Crippen LogP contribution in [0.1, 0.15) is 23.5 Å². The summed E-state index contributed by atoms with van der Waals surface area (Å²) in [5.74, 6) is 0.671. The predicted molar refractivity (Wildman–Crippen MR) is 56.0 cm³/mol. The lowest BCUT2D eigenvalue weighted by atomic mass is 9.77. The summed E-state index contributed by atoms with van der Waals surface area (Å²) in [6.07, 6.45) is 1.80. The molecule has 0 bridgehead atoms. The van der Waals surface area contributed by atoms with Crippen LogP contribution >= 0.6 is 0 Å². The van der Waals surface area contributed by atoms with Gasteiger partial charge in [-0.05, 0) is 17.5 Å². The molecule has 1 N–H and O–H groups in total. The topological polar surface area (TPSA) is 35.8 Å².